The van der Waals surface area contributed by atoms with Crippen LogP contribution in [0, 0.1) is 5.92 Å². The Labute approximate surface area is 68.4 Å². The van der Waals surface area contributed by atoms with Crippen LogP contribution in [0.2, 0.25) is 0 Å². The van der Waals surface area contributed by atoms with Gasteiger partial charge in [0.1, 0.15) is 0 Å². The lowest BCUT2D eigenvalue weighted by Crippen LogP contribution is -2.15. The SMILES string of the molecule is CC1CCC/C=C\C=N/NC1. The van der Waals surface area contributed by atoms with Crippen LogP contribution in [0.5, 0.6) is 0 Å². The van der Waals surface area contributed by atoms with Crippen molar-refractivity contribution in [3.63, 3.8) is 0 Å². The van der Waals surface area contributed by atoms with Gasteiger partial charge in [-0.25, -0.2) is 0 Å². The van der Waals surface area contributed by atoms with Gasteiger partial charge in [0, 0.05) is 12.8 Å². The van der Waals surface area contributed by atoms with Gasteiger partial charge >= 0.3 is 0 Å². The van der Waals surface area contributed by atoms with Crippen LogP contribution in [0.4, 0.5) is 0 Å². The van der Waals surface area contributed by atoms with Gasteiger partial charge in [0.25, 0.3) is 0 Å². The van der Waals surface area contributed by atoms with E-state index in [4.69, 9.17) is 0 Å². The average molecular weight is 152 g/mol. The molecule has 0 aromatic heterocycles. The van der Waals surface area contributed by atoms with Gasteiger partial charge in [0.2, 0.25) is 0 Å². The summed E-state index contributed by atoms with van der Waals surface area (Å²) in [5.74, 6) is 0.749. The average Bonchev–Trinajstić information content (AvgIpc) is 2.03. The molecule has 0 spiro atoms. The third-order valence-corrected chi connectivity index (χ3v) is 1.90. The monoisotopic (exact) mass is 152 g/mol. The van der Waals surface area contributed by atoms with Crippen molar-refractivity contribution in [2.75, 3.05) is 6.54 Å². The molecule has 0 bridgehead atoms. The summed E-state index contributed by atoms with van der Waals surface area (Å²) in [6.07, 6.45) is 9.78. The Morgan fingerprint density at radius 3 is 3.36 bits per heavy atom. The molecular formula is C9H16N2. The van der Waals surface area contributed by atoms with E-state index in [1.807, 2.05) is 12.3 Å². The molecule has 1 aliphatic heterocycles. The second kappa shape index (κ2) is 4.94. The highest BCUT2D eigenvalue weighted by Crippen LogP contribution is 2.07. The molecule has 0 aromatic carbocycles. The molecule has 0 amide bonds. The normalized spacial score (nSPS) is 31.9. The van der Waals surface area contributed by atoms with Gasteiger partial charge in [-0.05, 0) is 31.3 Å². The Kier molecular flexibility index (Phi) is 3.73. The van der Waals surface area contributed by atoms with Crippen molar-refractivity contribution in [1.29, 1.82) is 0 Å². The smallest absolute Gasteiger partial charge is 0.0464 e. The highest BCUT2D eigenvalue weighted by Gasteiger charge is 1.99. The van der Waals surface area contributed by atoms with Gasteiger partial charge in [-0.1, -0.05) is 13.0 Å². The van der Waals surface area contributed by atoms with Crippen LogP contribution in [-0.4, -0.2) is 12.8 Å². The quantitative estimate of drug-likeness (QED) is 0.563. The Balaban J connectivity index is 2.34. The molecule has 1 atom stereocenters. The van der Waals surface area contributed by atoms with Crippen LogP contribution >= 0.6 is 0 Å². The summed E-state index contributed by atoms with van der Waals surface area (Å²) in [6.45, 7) is 3.26. The van der Waals surface area contributed by atoms with E-state index in [2.05, 4.69) is 23.5 Å². The minimum absolute atomic E-state index is 0.749. The van der Waals surface area contributed by atoms with Crippen LogP contribution in [0.1, 0.15) is 26.2 Å². The van der Waals surface area contributed by atoms with E-state index in [0.717, 1.165) is 12.5 Å². The molecule has 1 aliphatic rings. The molecule has 1 rings (SSSR count). The van der Waals surface area contributed by atoms with Gasteiger partial charge in [-0.3, -0.25) is 0 Å². The number of hydrogen-bond acceptors (Lipinski definition) is 2. The highest BCUT2D eigenvalue weighted by atomic mass is 15.3. The van der Waals surface area contributed by atoms with Crippen molar-refractivity contribution in [3.8, 4) is 0 Å². The maximum absolute atomic E-state index is 4.02. The standard InChI is InChI=1S/C9H16N2/c1-9-6-4-2-3-5-7-10-11-8-9/h3,5,7,9,11H,2,4,6,8H2,1H3/b5-3-,10-7-. The van der Waals surface area contributed by atoms with Crippen LogP contribution in [0.25, 0.3) is 0 Å². The first kappa shape index (κ1) is 8.31. The molecule has 1 N–H and O–H groups in total. The molecule has 0 radical (unpaired) electrons. The van der Waals surface area contributed by atoms with Crippen molar-refractivity contribution in [1.82, 2.24) is 5.43 Å². The largest absolute Gasteiger partial charge is 0.310 e. The fourth-order valence-corrected chi connectivity index (χ4v) is 1.15. The van der Waals surface area contributed by atoms with Gasteiger partial charge in [0.05, 0.1) is 0 Å². The predicted octanol–water partition coefficient (Wildman–Crippen LogP) is 1.94. The van der Waals surface area contributed by atoms with Gasteiger partial charge in [-0.2, -0.15) is 5.10 Å². The van der Waals surface area contributed by atoms with E-state index in [-0.39, 0.29) is 0 Å². The van der Waals surface area contributed by atoms with E-state index >= 15 is 0 Å². The molecule has 1 unspecified atom stereocenters. The zero-order chi connectivity index (χ0) is 7.94. The predicted molar refractivity (Wildman–Crippen MR) is 48.6 cm³/mol. The van der Waals surface area contributed by atoms with Crippen molar-refractivity contribution >= 4 is 6.21 Å². The fraction of sp³-hybridized carbons (Fsp3) is 0.667. The van der Waals surface area contributed by atoms with E-state index in [0.29, 0.717) is 0 Å². The van der Waals surface area contributed by atoms with Gasteiger partial charge in [-0.15, -0.1) is 0 Å². The minimum Gasteiger partial charge on any atom is -0.310 e. The Bertz CT molecular complexity index is 150. The van der Waals surface area contributed by atoms with E-state index in [1.54, 1.807) is 0 Å². The number of nitrogens with zero attached hydrogens (tertiary/aromatic N) is 1. The minimum atomic E-state index is 0.749. The van der Waals surface area contributed by atoms with Crippen LogP contribution in [0.15, 0.2) is 17.3 Å². The molecule has 0 fully saturated rings. The maximum atomic E-state index is 4.02. The summed E-state index contributed by atoms with van der Waals surface area (Å²) in [5.41, 5.74) is 3.02. The molecule has 2 heteroatoms. The Morgan fingerprint density at radius 2 is 2.45 bits per heavy atom. The van der Waals surface area contributed by atoms with Crippen molar-refractivity contribution in [3.05, 3.63) is 12.2 Å². The van der Waals surface area contributed by atoms with Crippen molar-refractivity contribution in [2.45, 2.75) is 26.2 Å². The Morgan fingerprint density at radius 1 is 1.55 bits per heavy atom. The number of hydrazone groups is 1. The summed E-state index contributed by atoms with van der Waals surface area (Å²) < 4.78 is 0. The first-order chi connectivity index (χ1) is 5.39. The summed E-state index contributed by atoms with van der Waals surface area (Å²) in [4.78, 5) is 0. The molecule has 0 saturated heterocycles. The summed E-state index contributed by atoms with van der Waals surface area (Å²) in [6, 6.07) is 0. The molecule has 11 heavy (non-hydrogen) atoms. The zero-order valence-corrected chi connectivity index (χ0v) is 7.09. The van der Waals surface area contributed by atoms with E-state index < -0.39 is 0 Å². The molecule has 62 valence electrons. The summed E-state index contributed by atoms with van der Waals surface area (Å²) in [7, 11) is 0. The second-order valence-electron chi connectivity index (χ2n) is 3.10. The summed E-state index contributed by atoms with van der Waals surface area (Å²) >= 11 is 0. The topological polar surface area (TPSA) is 24.4 Å². The maximum Gasteiger partial charge on any atom is 0.0464 e. The third kappa shape index (κ3) is 3.81. The molecule has 0 aliphatic carbocycles. The lowest BCUT2D eigenvalue weighted by molar-refractivity contribution is 0.476. The van der Waals surface area contributed by atoms with E-state index in [1.165, 1.54) is 19.3 Å². The molecule has 0 aromatic rings. The molecule has 2 nitrogen and oxygen atoms in total. The number of allylic oxidation sites excluding steroid dienone is 2. The van der Waals surface area contributed by atoms with Gasteiger partial charge < -0.3 is 5.43 Å². The fourth-order valence-electron chi connectivity index (χ4n) is 1.15. The van der Waals surface area contributed by atoms with Gasteiger partial charge in [0.15, 0.2) is 0 Å². The van der Waals surface area contributed by atoms with Crippen LogP contribution in [0.3, 0.4) is 0 Å². The number of rotatable bonds is 0. The van der Waals surface area contributed by atoms with Crippen LogP contribution < -0.4 is 5.43 Å². The molecule has 1 heterocycles. The van der Waals surface area contributed by atoms with Crippen LogP contribution in [-0.2, 0) is 0 Å². The van der Waals surface area contributed by atoms with Crippen molar-refractivity contribution in [2.24, 2.45) is 11.0 Å². The molecular weight excluding hydrogens is 136 g/mol. The summed E-state index contributed by atoms with van der Waals surface area (Å²) in [5, 5.41) is 4.02. The third-order valence-electron chi connectivity index (χ3n) is 1.90. The number of hydrogen-bond donors (Lipinski definition) is 1. The first-order valence-corrected chi connectivity index (χ1v) is 4.30. The van der Waals surface area contributed by atoms with E-state index in [9.17, 15) is 0 Å². The Hall–Kier alpha value is -0.790. The lowest BCUT2D eigenvalue weighted by atomic mass is 10.0. The zero-order valence-electron chi connectivity index (χ0n) is 7.09. The highest BCUT2D eigenvalue weighted by molar-refractivity contribution is 5.70. The molecule has 0 saturated carbocycles. The first-order valence-electron chi connectivity index (χ1n) is 4.30. The lowest BCUT2D eigenvalue weighted by Gasteiger charge is -2.10. The van der Waals surface area contributed by atoms with Crippen molar-refractivity contribution < 1.29 is 0 Å². The second-order valence-corrected chi connectivity index (χ2v) is 3.10. The number of nitrogens with one attached hydrogen (secondary N) is 1.